The van der Waals surface area contributed by atoms with Crippen LogP contribution in [0, 0.1) is 0 Å². The van der Waals surface area contributed by atoms with Crippen LogP contribution in [0.1, 0.15) is 27.6 Å². The Morgan fingerprint density at radius 1 is 1.05 bits per heavy atom. The lowest BCUT2D eigenvalue weighted by Crippen LogP contribution is -2.32. The molecule has 0 radical (unpaired) electrons. The van der Waals surface area contributed by atoms with Gasteiger partial charge in [-0.1, -0.05) is 0 Å². The van der Waals surface area contributed by atoms with Gasteiger partial charge in [0.25, 0.3) is 0 Å². The van der Waals surface area contributed by atoms with Crippen molar-refractivity contribution in [3.8, 4) is 0 Å². The van der Waals surface area contributed by atoms with Gasteiger partial charge in [0.1, 0.15) is 0 Å². The molecule has 20 heavy (non-hydrogen) atoms. The Balaban J connectivity index is 3.19. The molecule has 1 aromatic rings. The van der Waals surface area contributed by atoms with E-state index < -0.39 is 23.9 Å². The number of nitrogens with two attached hydrogens (primary N) is 1. The molecular formula is C13H16N2O5. The summed E-state index contributed by atoms with van der Waals surface area (Å²) in [5.74, 6) is -1.71. The lowest BCUT2D eigenvalue weighted by Gasteiger charge is -2.10. The molecule has 108 valence electrons. The average Bonchev–Trinajstić information content (AvgIpc) is 2.44. The first-order chi connectivity index (χ1) is 9.38. The van der Waals surface area contributed by atoms with Gasteiger partial charge in [0.2, 0.25) is 5.91 Å². The van der Waals surface area contributed by atoms with Crippen molar-refractivity contribution >= 4 is 23.5 Å². The smallest absolute Gasteiger partial charge is 0.337 e. The Hall–Kier alpha value is -2.41. The highest BCUT2D eigenvalue weighted by Crippen LogP contribution is 2.17. The van der Waals surface area contributed by atoms with Gasteiger partial charge in [0.15, 0.2) is 0 Å². The molecule has 7 heteroatoms. The van der Waals surface area contributed by atoms with E-state index in [1.54, 1.807) is 0 Å². The molecule has 7 nitrogen and oxygen atoms in total. The van der Waals surface area contributed by atoms with Crippen molar-refractivity contribution in [1.82, 2.24) is 0 Å². The molecular weight excluding hydrogens is 264 g/mol. The van der Waals surface area contributed by atoms with Crippen molar-refractivity contribution in [2.24, 2.45) is 5.73 Å². The fraction of sp³-hybridized carbons (Fsp3) is 0.308. The number of carbonyl (C=O) groups is 3. The zero-order valence-corrected chi connectivity index (χ0v) is 11.4. The van der Waals surface area contributed by atoms with Crippen molar-refractivity contribution < 1.29 is 23.9 Å². The van der Waals surface area contributed by atoms with Crippen molar-refractivity contribution in [1.29, 1.82) is 0 Å². The van der Waals surface area contributed by atoms with E-state index in [-0.39, 0.29) is 16.8 Å². The van der Waals surface area contributed by atoms with Gasteiger partial charge >= 0.3 is 11.9 Å². The Kier molecular flexibility index (Phi) is 5.22. The maximum atomic E-state index is 11.5. The molecule has 1 aromatic carbocycles. The molecule has 0 saturated heterocycles. The van der Waals surface area contributed by atoms with Crippen LogP contribution in [0.15, 0.2) is 18.2 Å². The number of rotatable bonds is 4. The second kappa shape index (κ2) is 6.67. The van der Waals surface area contributed by atoms with Crippen molar-refractivity contribution in [2.45, 2.75) is 13.0 Å². The van der Waals surface area contributed by atoms with E-state index in [4.69, 9.17) is 5.73 Å². The third-order valence-corrected chi connectivity index (χ3v) is 2.46. The maximum absolute atomic E-state index is 11.5. The molecule has 0 unspecified atom stereocenters. The van der Waals surface area contributed by atoms with E-state index >= 15 is 0 Å². The minimum Gasteiger partial charge on any atom is -0.465 e. The van der Waals surface area contributed by atoms with Crippen molar-refractivity contribution in [3.63, 3.8) is 0 Å². The Morgan fingerprint density at radius 2 is 1.50 bits per heavy atom. The fourth-order valence-electron chi connectivity index (χ4n) is 1.43. The summed E-state index contributed by atoms with van der Waals surface area (Å²) in [7, 11) is 2.43. The summed E-state index contributed by atoms with van der Waals surface area (Å²) in [6, 6.07) is 3.37. The maximum Gasteiger partial charge on any atom is 0.337 e. The number of carbonyl (C=O) groups excluding carboxylic acids is 3. The topological polar surface area (TPSA) is 108 Å². The summed E-state index contributed by atoms with van der Waals surface area (Å²) in [5, 5.41) is 2.50. The van der Waals surface area contributed by atoms with Crippen LogP contribution in [-0.4, -0.2) is 38.1 Å². The minimum atomic E-state index is -0.724. The van der Waals surface area contributed by atoms with Crippen LogP contribution in [0.25, 0.3) is 0 Å². The first-order valence-corrected chi connectivity index (χ1v) is 5.77. The fourth-order valence-corrected chi connectivity index (χ4v) is 1.43. The van der Waals surface area contributed by atoms with Crippen LogP contribution in [0.4, 0.5) is 5.69 Å². The van der Waals surface area contributed by atoms with Gasteiger partial charge in [0, 0.05) is 5.69 Å². The van der Waals surface area contributed by atoms with E-state index in [1.165, 1.54) is 39.3 Å². The number of ether oxygens (including phenoxy) is 2. The number of hydrogen-bond donors (Lipinski definition) is 2. The van der Waals surface area contributed by atoms with E-state index in [0.29, 0.717) is 0 Å². The highest BCUT2D eigenvalue weighted by atomic mass is 16.5. The van der Waals surface area contributed by atoms with E-state index in [9.17, 15) is 14.4 Å². The Labute approximate surface area is 116 Å². The summed E-state index contributed by atoms with van der Waals surface area (Å²) < 4.78 is 9.17. The summed E-state index contributed by atoms with van der Waals surface area (Å²) >= 11 is 0. The van der Waals surface area contributed by atoms with Gasteiger partial charge < -0.3 is 20.5 Å². The lowest BCUT2D eigenvalue weighted by atomic mass is 10.1. The van der Waals surface area contributed by atoms with Crippen LogP contribution in [0.2, 0.25) is 0 Å². The number of benzene rings is 1. The average molecular weight is 280 g/mol. The normalized spacial score (nSPS) is 11.4. The van der Waals surface area contributed by atoms with Crippen LogP contribution in [0.5, 0.6) is 0 Å². The molecule has 0 aliphatic heterocycles. The molecule has 3 N–H and O–H groups in total. The first kappa shape index (κ1) is 15.6. The number of methoxy groups -OCH3 is 2. The number of nitrogens with one attached hydrogen (secondary N) is 1. The van der Waals surface area contributed by atoms with Gasteiger partial charge in [-0.05, 0) is 25.1 Å². The largest absolute Gasteiger partial charge is 0.465 e. The number of amides is 1. The second-order valence-electron chi connectivity index (χ2n) is 4.06. The molecule has 1 amide bonds. The number of anilines is 1. The molecule has 1 rings (SSSR count). The molecule has 0 spiro atoms. The zero-order chi connectivity index (χ0) is 15.3. The van der Waals surface area contributed by atoms with Gasteiger partial charge in [-0.3, -0.25) is 4.79 Å². The zero-order valence-electron chi connectivity index (χ0n) is 11.4. The van der Waals surface area contributed by atoms with Gasteiger partial charge in [-0.25, -0.2) is 9.59 Å². The molecule has 0 fully saturated rings. The second-order valence-corrected chi connectivity index (χ2v) is 4.06. The number of hydrogen-bond acceptors (Lipinski definition) is 6. The van der Waals surface area contributed by atoms with Crippen LogP contribution >= 0.6 is 0 Å². The molecule has 0 bridgehead atoms. The van der Waals surface area contributed by atoms with E-state index in [2.05, 4.69) is 14.8 Å². The van der Waals surface area contributed by atoms with Gasteiger partial charge in [-0.15, -0.1) is 0 Å². The lowest BCUT2D eigenvalue weighted by molar-refractivity contribution is -0.117. The summed E-state index contributed by atoms with van der Waals surface area (Å²) in [6.45, 7) is 1.51. The van der Waals surface area contributed by atoms with Gasteiger partial charge in [-0.2, -0.15) is 0 Å². The third-order valence-electron chi connectivity index (χ3n) is 2.46. The van der Waals surface area contributed by atoms with Gasteiger partial charge in [0.05, 0.1) is 31.4 Å². The number of esters is 2. The monoisotopic (exact) mass is 280 g/mol. The summed E-state index contributed by atoms with van der Waals surface area (Å²) in [6.07, 6.45) is 0. The first-order valence-electron chi connectivity index (χ1n) is 5.77. The molecule has 0 aliphatic rings. The molecule has 0 aliphatic carbocycles. The van der Waals surface area contributed by atoms with E-state index in [1.807, 2.05) is 0 Å². The molecule has 0 saturated carbocycles. The Morgan fingerprint density at radius 3 is 1.85 bits per heavy atom. The third kappa shape index (κ3) is 3.79. The minimum absolute atomic E-state index is 0.121. The predicted molar refractivity (Wildman–Crippen MR) is 71.4 cm³/mol. The van der Waals surface area contributed by atoms with Crippen molar-refractivity contribution in [3.05, 3.63) is 29.3 Å². The standard InChI is InChI=1S/C13H16N2O5/c1-7(14)11(16)15-10-5-8(12(17)19-2)4-9(6-10)13(18)20-3/h4-7H,14H2,1-3H3,(H,15,16)/t7-/m1/s1. The Bertz CT molecular complexity index is 505. The van der Waals surface area contributed by atoms with Crippen LogP contribution in [0.3, 0.4) is 0 Å². The van der Waals surface area contributed by atoms with Crippen molar-refractivity contribution in [2.75, 3.05) is 19.5 Å². The highest BCUT2D eigenvalue weighted by Gasteiger charge is 2.15. The summed E-state index contributed by atoms with van der Waals surface area (Å²) in [5.41, 5.74) is 5.94. The summed E-state index contributed by atoms with van der Waals surface area (Å²) in [4.78, 5) is 34.6. The van der Waals surface area contributed by atoms with E-state index in [0.717, 1.165) is 0 Å². The molecule has 0 aromatic heterocycles. The predicted octanol–water partition coefficient (Wildman–Crippen LogP) is 0.545. The molecule has 1 atom stereocenters. The van der Waals surface area contributed by atoms with Crippen LogP contribution < -0.4 is 11.1 Å². The molecule has 0 heterocycles. The SMILES string of the molecule is COC(=O)c1cc(NC(=O)[C@@H](C)N)cc(C(=O)OC)c1. The highest BCUT2D eigenvalue weighted by molar-refractivity contribution is 6.00. The van der Waals surface area contributed by atoms with Crippen LogP contribution in [-0.2, 0) is 14.3 Å². The quantitative estimate of drug-likeness (QED) is 0.780.